The molecule has 3 rings (SSSR count). The van der Waals surface area contributed by atoms with Crippen LogP contribution in [0.5, 0.6) is 23.0 Å². The maximum absolute atomic E-state index is 12.2. The minimum Gasteiger partial charge on any atom is -0.508 e. The standard InChI is InChI=1S/C23H20I3NO4/c24-18-13-17(6-7-21(18)29)31-23-19(25)11-15(12-20(23)26)3-8-22(30)27-10-9-14-1-4-16(28)5-2-14/h1-2,4-7,11-13,28-29H,3,8-10H2,(H,27,30). The molecule has 3 aromatic carbocycles. The summed E-state index contributed by atoms with van der Waals surface area (Å²) in [5.41, 5.74) is 2.15. The molecule has 0 aliphatic carbocycles. The molecule has 0 saturated carbocycles. The Morgan fingerprint density at radius 3 is 2.16 bits per heavy atom. The molecule has 3 aromatic rings. The van der Waals surface area contributed by atoms with Crippen molar-refractivity contribution in [1.29, 1.82) is 0 Å². The summed E-state index contributed by atoms with van der Waals surface area (Å²) in [6.45, 7) is 0.566. The molecule has 3 N–H and O–H groups in total. The van der Waals surface area contributed by atoms with Gasteiger partial charge in [-0.3, -0.25) is 4.79 Å². The van der Waals surface area contributed by atoms with E-state index in [0.29, 0.717) is 25.1 Å². The van der Waals surface area contributed by atoms with E-state index < -0.39 is 0 Å². The number of nitrogens with one attached hydrogen (secondary N) is 1. The van der Waals surface area contributed by atoms with Crippen LogP contribution in [0.15, 0.2) is 54.6 Å². The molecular weight excluding hydrogens is 735 g/mol. The number of hydrogen-bond donors (Lipinski definition) is 3. The zero-order valence-corrected chi connectivity index (χ0v) is 22.8. The smallest absolute Gasteiger partial charge is 0.220 e. The topological polar surface area (TPSA) is 78.8 Å². The van der Waals surface area contributed by atoms with Gasteiger partial charge in [0.15, 0.2) is 5.75 Å². The molecule has 0 aliphatic heterocycles. The quantitative estimate of drug-likeness (QED) is 0.247. The molecule has 5 nitrogen and oxygen atoms in total. The van der Waals surface area contributed by atoms with Crippen molar-refractivity contribution in [2.24, 2.45) is 0 Å². The molecule has 8 heteroatoms. The lowest BCUT2D eigenvalue weighted by molar-refractivity contribution is -0.121. The third-order valence-corrected chi connectivity index (χ3v) is 6.98. The molecule has 1 amide bonds. The van der Waals surface area contributed by atoms with Crippen LogP contribution in [-0.2, 0) is 17.6 Å². The van der Waals surface area contributed by atoms with Gasteiger partial charge in [0.2, 0.25) is 5.91 Å². The summed E-state index contributed by atoms with van der Waals surface area (Å²) in [4.78, 5) is 12.2. The highest BCUT2D eigenvalue weighted by Gasteiger charge is 2.12. The molecule has 0 fully saturated rings. The molecule has 0 spiro atoms. The van der Waals surface area contributed by atoms with Crippen molar-refractivity contribution in [3.8, 4) is 23.0 Å². The molecular formula is C23H20I3NO4. The second-order valence-corrected chi connectivity index (χ2v) is 10.4. The summed E-state index contributed by atoms with van der Waals surface area (Å²) < 4.78 is 8.70. The largest absolute Gasteiger partial charge is 0.508 e. The summed E-state index contributed by atoms with van der Waals surface area (Å²) in [7, 11) is 0. The van der Waals surface area contributed by atoms with Gasteiger partial charge in [-0.25, -0.2) is 0 Å². The van der Waals surface area contributed by atoms with E-state index >= 15 is 0 Å². The Kier molecular flexibility index (Phi) is 9.07. The number of rotatable bonds is 8. The van der Waals surface area contributed by atoms with Gasteiger partial charge in [-0.15, -0.1) is 0 Å². The van der Waals surface area contributed by atoms with Gasteiger partial charge in [0.05, 0.1) is 10.7 Å². The Labute approximate surface area is 222 Å². The highest BCUT2D eigenvalue weighted by molar-refractivity contribution is 14.1. The van der Waals surface area contributed by atoms with Crippen LogP contribution in [0.1, 0.15) is 17.5 Å². The number of carbonyl (C=O) groups is 1. The summed E-state index contributed by atoms with van der Waals surface area (Å²) >= 11 is 6.55. The average Bonchev–Trinajstić information content (AvgIpc) is 2.73. The van der Waals surface area contributed by atoms with Crippen LogP contribution in [0.25, 0.3) is 0 Å². The molecule has 31 heavy (non-hydrogen) atoms. The lowest BCUT2D eigenvalue weighted by Gasteiger charge is -2.13. The minimum absolute atomic E-state index is 0.0165. The number of ether oxygens (including phenoxy) is 1. The first-order valence-electron chi connectivity index (χ1n) is 9.50. The van der Waals surface area contributed by atoms with E-state index in [9.17, 15) is 15.0 Å². The summed E-state index contributed by atoms with van der Waals surface area (Å²) in [5.74, 6) is 1.92. The zero-order chi connectivity index (χ0) is 22.4. The number of halogens is 3. The molecule has 0 heterocycles. The Balaban J connectivity index is 1.52. The van der Waals surface area contributed by atoms with Crippen molar-refractivity contribution < 1.29 is 19.7 Å². The maximum Gasteiger partial charge on any atom is 0.220 e. The number of aromatic hydroxyl groups is 2. The lowest BCUT2D eigenvalue weighted by atomic mass is 10.1. The van der Waals surface area contributed by atoms with Crippen LogP contribution in [0.4, 0.5) is 0 Å². The van der Waals surface area contributed by atoms with E-state index in [2.05, 4.69) is 73.1 Å². The second-order valence-electron chi connectivity index (χ2n) is 6.87. The number of hydrogen-bond acceptors (Lipinski definition) is 4. The lowest BCUT2D eigenvalue weighted by Crippen LogP contribution is -2.25. The predicted molar refractivity (Wildman–Crippen MR) is 146 cm³/mol. The van der Waals surface area contributed by atoms with Crippen LogP contribution >= 0.6 is 67.8 Å². The van der Waals surface area contributed by atoms with Gasteiger partial charge in [-0.2, -0.15) is 0 Å². The molecule has 0 unspecified atom stereocenters. The van der Waals surface area contributed by atoms with E-state index in [4.69, 9.17) is 4.74 Å². The van der Waals surface area contributed by atoms with E-state index in [-0.39, 0.29) is 17.4 Å². The number of carbonyl (C=O) groups excluding carboxylic acids is 1. The fraction of sp³-hybridized carbons (Fsp3) is 0.174. The van der Waals surface area contributed by atoms with E-state index in [1.165, 1.54) is 0 Å². The number of phenolic OH excluding ortho intramolecular Hbond substituents is 2. The first-order chi connectivity index (χ1) is 14.8. The number of benzene rings is 3. The Morgan fingerprint density at radius 2 is 1.52 bits per heavy atom. The molecule has 0 bridgehead atoms. The highest BCUT2D eigenvalue weighted by Crippen LogP contribution is 2.35. The van der Waals surface area contributed by atoms with Crippen molar-refractivity contribution >= 4 is 73.7 Å². The van der Waals surface area contributed by atoms with Crippen molar-refractivity contribution in [3.63, 3.8) is 0 Å². The van der Waals surface area contributed by atoms with E-state index in [1.54, 1.807) is 30.3 Å². The van der Waals surface area contributed by atoms with Gasteiger partial charge < -0.3 is 20.3 Å². The Bertz CT molecular complexity index is 1050. The molecule has 162 valence electrons. The first kappa shape index (κ1) is 24.4. The predicted octanol–water partition coefficient (Wildman–Crippen LogP) is 6.00. The van der Waals surface area contributed by atoms with Crippen LogP contribution < -0.4 is 10.1 Å². The van der Waals surface area contributed by atoms with E-state index in [0.717, 1.165) is 34.0 Å². The van der Waals surface area contributed by atoms with Crippen LogP contribution in [0, 0.1) is 10.7 Å². The molecule has 0 aromatic heterocycles. The van der Waals surface area contributed by atoms with Crippen molar-refractivity contribution in [2.45, 2.75) is 19.3 Å². The van der Waals surface area contributed by atoms with Crippen LogP contribution in [-0.4, -0.2) is 22.7 Å². The third-order valence-electron chi connectivity index (χ3n) is 4.51. The molecule has 0 saturated heterocycles. The Hall–Kier alpha value is -1.28. The van der Waals surface area contributed by atoms with Gasteiger partial charge in [-0.05, 0) is 134 Å². The third kappa shape index (κ3) is 7.38. The molecule has 0 radical (unpaired) electrons. The summed E-state index contributed by atoms with van der Waals surface area (Å²) in [6, 6.07) is 16.2. The van der Waals surface area contributed by atoms with Crippen LogP contribution in [0.2, 0.25) is 0 Å². The normalized spacial score (nSPS) is 10.7. The fourth-order valence-electron chi connectivity index (χ4n) is 2.88. The van der Waals surface area contributed by atoms with Gasteiger partial charge in [-0.1, -0.05) is 12.1 Å². The minimum atomic E-state index is 0.0165. The average molecular weight is 755 g/mol. The van der Waals surface area contributed by atoms with Crippen molar-refractivity contribution in [1.82, 2.24) is 5.32 Å². The Morgan fingerprint density at radius 1 is 0.839 bits per heavy atom. The van der Waals surface area contributed by atoms with Crippen LogP contribution in [0.3, 0.4) is 0 Å². The van der Waals surface area contributed by atoms with E-state index in [1.807, 2.05) is 24.3 Å². The summed E-state index contributed by atoms with van der Waals surface area (Å²) in [6.07, 6.45) is 1.79. The summed E-state index contributed by atoms with van der Waals surface area (Å²) in [5, 5.41) is 21.9. The maximum atomic E-state index is 12.2. The fourth-order valence-corrected chi connectivity index (χ4v) is 5.48. The van der Waals surface area contributed by atoms with Crippen molar-refractivity contribution in [2.75, 3.05) is 6.54 Å². The zero-order valence-electron chi connectivity index (χ0n) is 16.4. The van der Waals surface area contributed by atoms with Gasteiger partial charge >= 0.3 is 0 Å². The van der Waals surface area contributed by atoms with Gasteiger partial charge in [0.1, 0.15) is 17.2 Å². The molecule has 0 atom stereocenters. The van der Waals surface area contributed by atoms with Crippen molar-refractivity contribution in [3.05, 3.63) is 76.4 Å². The van der Waals surface area contributed by atoms with Gasteiger partial charge in [0.25, 0.3) is 0 Å². The number of phenols is 2. The second kappa shape index (κ2) is 11.5. The number of amides is 1. The first-order valence-corrected chi connectivity index (χ1v) is 12.7. The van der Waals surface area contributed by atoms with Gasteiger partial charge in [0, 0.05) is 13.0 Å². The number of aryl methyl sites for hydroxylation is 1. The monoisotopic (exact) mass is 755 g/mol. The SMILES string of the molecule is O=C(CCc1cc(I)c(Oc2ccc(O)c(I)c2)c(I)c1)NCCc1ccc(O)cc1. The highest BCUT2D eigenvalue weighted by atomic mass is 127. The molecule has 0 aliphatic rings.